The normalized spacial score (nSPS) is 32.7. The van der Waals surface area contributed by atoms with Gasteiger partial charge in [0.25, 0.3) is 0 Å². The van der Waals surface area contributed by atoms with E-state index < -0.39 is 0 Å². The molecule has 3 atom stereocenters. The molecular weight excluding hydrogens is 216 g/mol. The molecule has 2 bridgehead atoms. The van der Waals surface area contributed by atoms with Gasteiger partial charge in [-0.15, -0.1) is 0 Å². The van der Waals surface area contributed by atoms with Crippen molar-refractivity contribution in [3.8, 4) is 0 Å². The Balaban J connectivity index is 1.82. The number of ether oxygens (including phenoxy) is 1. The zero-order valence-electron chi connectivity index (χ0n) is 10.9. The lowest BCUT2D eigenvalue weighted by Crippen LogP contribution is -2.76. The molecule has 3 aliphatic rings. The van der Waals surface area contributed by atoms with Crippen LogP contribution in [0.1, 0.15) is 46.0 Å². The van der Waals surface area contributed by atoms with Crippen LogP contribution < -0.4 is 10.6 Å². The largest absolute Gasteiger partial charge is 0.442 e. The first kappa shape index (κ1) is 12.8. The van der Waals surface area contributed by atoms with Crippen LogP contribution in [0.5, 0.6) is 0 Å². The molecule has 3 saturated heterocycles. The van der Waals surface area contributed by atoms with Crippen molar-refractivity contribution in [3.05, 3.63) is 0 Å². The number of hydrogen-bond donors (Lipinski definition) is 2. The third-order valence-corrected chi connectivity index (χ3v) is 3.87. The SMILES string of the molecule is CCCCC(CC)C(=O)OC12CNCC(C1)N2. The Morgan fingerprint density at radius 3 is 2.82 bits per heavy atom. The highest BCUT2D eigenvalue weighted by Gasteiger charge is 2.50. The van der Waals surface area contributed by atoms with E-state index >= 15 is 0 Å². The van der Waals surface area contributed by atoms with Crippen LogP contribution in [-0.2, 0) is 9.53 Å². The van der Waals surface area contributed by atoms with Gasteiger partial charge in [0.1, 0.15) is 0 Å². The van der Waals surface area contributed by atoms with Crippen molar-refractivity contribution in [1.29, 1.82) is 0 Å². The van der Waals surface area contributed by atoms with Crippen LogP contribution in [0.3, 0.4) is 0 Å². The van der Waals surface area contributed by atoms with Gasteiger partial charge in [-0.05, 0) is 12.8 Å². The van der Waals surface area contributed by atoms with Crippen LogP contribution in [-0.4, -0.2) is 30.8 Å². The van der Waals surface area contributed by atoms with Crippen molar-refractivity contribution in [2.24, 2.45) is 5.92 Å². The molecule has 0 aromatic rings. The van der Waals surface area contributed by atoms with Crippen LogP contribution in [0.4, 0.5) is 0 Å². The van der Waals surface area contributed by atoms with Crippen molar-refractivity contribution in [1.82, 2.24) is 10.6 Å². The van der Waals surface area contributed by atoms with E-state index in [1.54, 1.807) is 0 Å². The first-order valence-electron chi connectivity index (χ1n) is 6.90. The Labute approximate surface area is 103 Å². The van der Waals surface area contributed by atoms with E-state index in [9.17, 15) is 4.79 Å². The average Bonchev–Trinajstić information content (AvgIpc) is 2.29. The molecule has 3 aliphatic heterocycles. The van der Waals surface area contributed by atoms with Gasteiger partial charge in [-0.1, -0.05) is 26.7 Å². The summed E-state index contributed by atoms with van der Waals surface area (Å²) in [5.74, 6) is 0.0581. The summed E-state index contributed by atoms with van der Waals surface area (Å²) in [7, 11) is 0. The third kappa shape index (κ3) is 2.80. The highest BCUT2D eigenvalue weighted by molar-refractivity contribution is 5.73. The van der Waals surface area contributed by atoms with Crippen LogP contribution in [0.15, 0.2) is 0 Å². The monoisotopic (exact) mass is 240 g/mol. The number of fused-ring (bicyclic) bond motifs is 2. The summed E-state index contributed by atoms with van der Waals surface area (Å²) in [4.78, 5) is 12.1. The minimum Gasteiger partial charge on any atom is -0.442 e. The molecule has 0 amide bonds. The van der Waals surface area contributed by atoms with Crippen molar-refractivity contribution in [2.45, 2.75) is 57.7 Å². The lowest BCUT2D eigenvalue weighted by molar-refractivity contribution is -0.189. The Bertz CT molecular complexity index is 269. The number of esters is 1. The van der Waals surface area contributed by atoms with Gasteiger partial charge in [0, 0.05) is 25.6 Å². The van der Waals surface area contributed by atoms with Gasteiger partial charge in [0.05, 0.1) is 5.92 Å². The number of piperazine rings is 1. The number of carbonyl (C=O) groups is 1. The molecule has 4 nitrogen and oxygen atoms in total. The van der Waals surface area contributed by atoms with Crippen molar-refractivity contribution in [2.75, 3.05) is 13.1 Å². The van der Waals surface area contributed by atoms with E-state index in [1.807, 2.05) is 0 Å². The number of nitrogens with one attached hydrogen (secondary N) is 2. The van der Waals surface area contributed by atoms with E-state index in [4.69, 9.17) is 4.74 Å². The van der Waals surface area contributed by atoms with E-state index in [2.05, 4.69) is 24.5 Å². The van der Waals surface area contributed by atoms with Gasteiger partial charge >= 0.3 is 5.97 Å². The fraction of sp³-hybridized carbons (Fsp3) is 0.923. The summed E-state index contributed by atoms with van der Waals surface area (Å²) in [5.41, 5.74) is -0.389. The minimum atomic E-state index is -0.389. The minimum absolute atomic E-state index is 0.0180. The number of carbonyl (C=O) groups excluding carboxylic acids is 1. The first-order valence-corrected chi connectivity index (χ1v) is 6.90. The van der Waals surface area contributed by atoms with Crippen molar-refractivity contribution >= 4 is 5.97 Å². The molecule has 3 unspecified atom stereocenters. The summed E-state index contributed by atoms with van der Waals surface area (Å²) in [5, 5.41) is 6.64. The van der Waals surface area contributed by atoms with Crippen LogP contribution in [0.2, 0.25) is 0 Å². The first-order chi connectivity index (χ1) is 8.19. The molecule has 3 heterocycles. The molecule has 0 spiro atoms. The molecule has 2 N–H and O–H groups in total. The second-order valence-electron chi connectivity index (χ2n) is 5.34. The van der Waals surface area contributed by atoms with E-state index in [1.165, 1.54) is 0 Å². The van der Waals surface area contributed by atoms with Gasteiger partial charge in [-0.3, -0.25) is 10.1 Å². The standard InChI is InChI=1S/C13H24N2O2/c1-3-5-6-10(4-2)12(16)17-13-7-11(15-13)8-14-9-13/h10-11,14-15H,3-9H2,1-2H3. The summed E-state index contributed by atoms with van der Waals surface area (Å²) in [6.45, 7) is 5.96. The molecule has 4 heteroatoms. The molecule has 0 aliphatic carbocycles. The number of piperidine rings is 1. The van der Waals surface area contributed by atoms with Gasteiger partial charge in [0.2, 0.25) is 0 Å². The average molecular weight is 240 g/mol. The van der Waals surface area contributed by atoms with E-state index in [0.29, 0.717) is 6.04 Å². The van der Waals surface area contributed by atoms with Gasteiger partial charge in [-0.2, -0.15) is 0 Å². The lowest BCUT2D eigenvalue weighted by atomic mass is 9.88. The number of unbranched alkanes of at least 4 members (excludes halogenated alkanes) is 1. The molecule has 98 valence electrons. The van der Waals surface area contributed by atoms with Crippen molar-refractivity contribution in [3.63, 3.8) is 0 Å². The van der Waals surface area contributed by atoms with Crippen LogP contribution >= 0.6 is 0 Å². The summed E-state index contributed by atoms with van der Waals surface area (Å²) >= 11 is 0. The quantitative estimate of drug-likeness (QED) is 0.689. The fourth-order valence-electron chi connectivity index (χ4n) is 2.77. The molecular formula is C13H24N2O2. The van der Waals surface area contributed by atoms with Gasteiger partial charge in [-0.25, -0.2) is 0 Å². The molecule has 17 heavy (non-hydrogen) atoms. The topological polar surface area (TPSA) is 50.4 Å². The van der Waals surface area contributed by atoms with Crippen LogP contribution in [0.25, 0.3) is 0 Å². The molecule has 0 radical (unpaired) electrons. The maximum absolute atomic E-state index is 12.1. The highest BCUT2D eigenvalue weighted by Crippen LogP contribution is 2.30. The second kappa shape index (κ2) is 5.36. The van der Waals surface area contributed by atoms with Gasteiger partial charge < -0.3 is 10.1 Å². The number of hydrogen-bond acceptors (Lipinski definition) is 4. The summed E-state index contributed by atoms with van der Waals surface area (Å²) in [6, 6.07) is 0.493. The molecule has 3 fully saturated rings. The van der Waals surface area contributed by atoms with E-state index in [0.717, 1.165) is 45.2 Å². The molecule has 0 aromatic heterocycles. The zero-order chi connectivity index (χ0) is 12.3. The smallest absolute Gasteiger partial charge is 0.310 e. The van der Waals surface area contributed by atoms with Crippen LogP contribution in [0, 0.1) is 5.92 Å². The zero-order valence-corrected chi connectivity index (χ0v) is 10.9. The fourth-order valence-corrected chi connectivity index (χ4v) is 2.77. The van der Waals surface area contributed by atoms with E-state index in [-0.39, 0.29) is 17.6 Å². The summed E-state index contributed by atoms with van der Waals surface area (Å²) < 4.78 is 5.68. The van der Waals surface area contributed by atoms with Crippen molar-refractivity contribution < 1.29 is 9.53 Å². The predicted molar refractivity (Wildman–Crippen MR) is 66.5 cm³/mol. The Hall–Kier alpha value is -0.610. The maximum atomic E-state index is 12.1. The molecule has 3 rings (SSSR count). The maximum Gasteiger partial charge on any atom is 0.310 e. The summed E-state index contributed by atoms with van der Waals surface area (Å²) in [6.07, 6.45) is 5.05. The van der Waals surface area contributed by atoms with Gasteiger partial charge in [0.15, 0.2) is 5.72 Å². The number of rotatable bonds is 6. The third-order valence-electron chi connectivity index (χ3n) is 3.87. The highest BCUT2D eigenvalue weighted by atomic mass is 16.6. The Morgan fingerprint density at radius 2 is 2.29 bits per heavy atom. The Morgan fingerprint density at radius 1 is 1.53 bits per heavy atom. The molecule has 0 aromatic carbocycles. The predicted octanol–water partition coefficient (Wildman–Crippen LogP) is 1.41. The Kier molecular flexibility index (Phi) is 4.05. The second-order valence-corrected chi connectivity index (χ2v) is 5.34. The lowest BCUT2D eigenvalue weighted by Gasteiger charge is -2.52. The molecule has 0 saturated carbocycles.